The third-order valence-corrected chi connectivity index (χ3v) is 6.99. The minimum atomic E-state index is -0.0280. The van der Waals surface area contributed by atoms with Crippen LogP contribution >= 0.6 is 11.8 Å². The number of carbonyl (C=O) groups is 1. The third-order valence-electron chi connectivity index (χ3n) is 5.95. The molecule has 6 nitrogen and oxygen atoms in total. The van der Waals surface area contributed by atoms with Crippen LogP contribution in [-0.2, 0) is 30.1 Å². The van der Waals surface area contributed by atoms with Crippen LogP contribution in [0.1, 0.15) is 40.1 Å². The molecule has 0 aliphatic carbocycles. The van der Waals surface area contributed by atoms with Crippen molar-refractivity contribution in [3.8, 4) is 5.75 Å². The van der Waals surface area contributed by atoms with Gasteiger partial charge in [-0.1, -0.05) is 89.6 Å². The van der Waals surface area contributed by atoms with Crippen molar-refractivity contribution in [1.29, 1.82) is 0 Å². The highest BCUT2D eigenvalue weighted by atomic mass is 32.2. The molecule has 36 heavy (non-hydrogen) atoms. The van der Waals surface area contributed by atoms with E-state index in [4.69, 9.17) is 4.74 Å². The Balaban J connectivity index is 1.44. The predicted molar refractivity (Wildman–Crippen MR) is 144 cm³/mol. The molecule has 0 saturated carbocycles. The van der Waals surface area contributed by atoms with Crippen molar-refractivity contribution in [2.75, 3.05) is 7.11 Å². The molecule has 4 aromatic rings. The molecule has 3 aromatic carbocycles. The first-order chi connectivity index (χ1) is 17.5. The summed E-state index contributed by atoms with van der Waals surface area (Å²) in [5.74, 6) is 2.37. The number of rotatable bonds is 11. The molecule has 1 heterocycles. The van der Waals surface area contributed by atoms with E-state index in [1.807, 2.05) is 24.3 Å². The van der Waals surface area contributed by atoms with E-state index < -0.39 is 0 Å². The average molecular weight is 501 g/mol. The average Bonchev–Trinajstić information content (AvgIpc) is 3.27. The number of hydrogen-bond acceptors (Lipinski definition) is 5. The van der Waals surface area contributed by atoms with Crippen molar-refractivity contribution in [3.63, 3.8) is 0 Å². The highest BCUT2D eigenvalue weighted by molar-refractivity contribution is 7.98. The molecule has 0 bridgehead atoms. The van der Waals surface area contributed by atoms with Gasteiger partial charge in [0.2, 0.25) is 5.91 Å². The Kier molecular flexibility index (Phi) is 8.79. The van der Waals surface area contributed by atoms with Crippen molar-refractivity contribution < 1.29 is 9.53 Å². The highest BCUT2D eigenvalue weighted by Gasteiger charge is 2.15. The Labute approximate surface area is 217 Å². The van der Waals surface area contributed by atoms with Gasteiger partial charge in [0.05, 0.1) is 13.7 Å². The molecule has 4 rings (SSSR count). The summed E-state index contributed by atoms with van der Waals surface area (Å²) in [6.07, 6.45) is 0.853. The molecule has 186 valence electrons. The minimum Gasteiger partial charge on any atom is -0.496 e. The summed E-state index contributed by atoms with van der Waals surface area (Å²) < 4.78 is 7.51. The molecule has 1 aromatic heterocycles. The number of para-hydroxylation sites is 1. The molecule has 0 atom stereocenters. The van der Waals surface area contributed by atoms with E-state index in [0.29, 0.717) is 25.9 Å². The summed E-state index contributed by atoms with van der Waals surface area (Å²) in [5.41, 5.74) is 5.85. The maximum atomic E-state index is 12.6. The van der Waals surface area contributed by atoms with Gasteiger partial charge in [0.1, 0.15) is 11.6 Å². The lowest BCUT2D eigenvalue weighted by atomic mass is 10.1. The van der Waals surface area contributed by atoms with Crippen molar-refractivity contribution >= 4 is 17.7 Å². The Bertz CT molecular complexity index is 1300. The second kappa shape index (κ2) is 12.4. The lowest BCUT2D eigenvalue weighted by Gasteiger charge is -2.12. The van der Waals surface area contributed by atoms with Gasteiger partial charge in [-0.3, -0.25) is 4.79 Å². The van der Waals surface area contributed by atoms with Gasteiger partial charge >= 0.3 is 0 Å². The van der Waals surface area contributed by atoms with Crippen LogP contribution in [0.5, 0.6) is 5.75 Å². The highest BCUT2D eigenvalue weighted by Crippen LogP contribution is 2.24. The summed E-state index contributed by atoms with van der Waals surface area (Å²) in [5, 5.41) is 12.8. The fourth-order valence-electron chi connectivity index (χ4n) is 3.95. The number of methoxy groups -OCH3 is 1. The molecule has 0 saturated heterocycles. The van der Waals surface area contributed by atoms with Crippen molar-refractivity contribution in [1.82, 2.24) is 20.1 Å². The number of thioether (sulfide) groups is 1. The molecule has 0 fully saturated rings. The van der Waals surface area contributed by atoms with Gasteiger partial charge in [-0.2, -0.15) is 0 Å². The van der Waals surface area contributed by atoms with Gasteiger partial charge in [0.15, 0.2) is 5.16 Å². The topological polar surface area (TPSA) is 69.0 Å². The Morgan fingerprint density at radius 1 is 0.944 bits per heavy atom. The molecule has 0 aliphatic heterocycles. The van der Waals surface area contributed by atoms with Crippen LogP contribution in [0.2, 0.25) is 0 Å². The van der Waals surface area contributed by atoms with Gasteiger partial charge in [0.25, 0.3) is 0 Å². The van der Waals surface area contributed by atoms with Crippen molar-refractivity contribution in [2.24, 2.45) is 0 Å². The molecular formula is C29H32N4O2S. The number of nitrogens with one attached hydrogen (secondary N) is 1. The van der Waals surface area contributed by atoms with Gasteiger partial charge in [0, 0.05) is 30.7 Å². The fraction of sp³-hybridized carbons (Fsp3) is 0.276. The molecule has 1 amide bonds. The zero-order valence-electron chi connectivity index (χ0n) is 21.0. The number of aromatic nitrogens is 3. The van der Waals surface area contributed by atoms with Crippen molar-refractivity contribution in [2.45, 2.75) is 50.7 Å². The standard InChI is InChI=1S/C29H32N4O2S/c1-21-11-13-23(14-12-21)19-33-27(31-32-29(33)36-20-24-8-6-7-22(2)17-24)15-16-28(34)30-18-25-9-4-5-10-26(25)35-3/h4-14,17H,15-16,18-20H2,1-3H3,(H,30,34). The van der Waals surface area contributed by atoms with E-state index in [-0.39, 0.29) is 5.91 Å². The number of benzene rings is 3. The molecule has 0 radical (unpaired) electrons. The maximum Gasteiger partial charge on any atom is 0.220 e. The Morgan fingerprint density at radius 3 is 2.53 bits per heavy atom. The van der Waals surface area contributed by atoms with Gasteiger partial charge in [-0.15, -0.1) is 10.2 Å². The molecule has 7 heteroatoms. The van der Waals surface area contributed by atoms with Gasteiger partial charge in [-0.25, -0.2) is 0 Å². The molecule has 0 spiro atoms. The van der Waals surface area contributed by atoms with Crippen LogP contribution in [0, 0.1) is 13.8 Å². The zero-order chi connectivity index (χ0) is 25.3. The summed E-state index contributed by atoms with van der Waals surface area (Å²) in [6.45, 7) is 5.28. The third kappa shape index (κ3) is 6.98. The first kappa shape index (κ1) is 25.5. The van der Waals surface area contributed by atoms with Gasteiger partial charge in [-0.05, 0) is 31.0 Å². The maximum absolute atomic E-state index is 12.6. The lowest BCUT2D eigenvalue weighted by Crippen LogP contribution is -2.23. The quantitative estimate of drug-likeness (QED) is 0.276. The van der Waals surface area contributed by atoms with E-state index in [0.717, 1.165) is 28.0 Å². The molecular weight excluding hydrogens is 468 g/mol. The lowest BCUT2D eigenvalue weighted by molar-refractivity contribution is -0.121. The van der Waals surface area contributed by atoms with Crippen LogP contribution in [0.4, 0.5) is 0 Å². The van der Waals surface area contributed by atoms with Crippen LogP contribution < -0.4 is 10.1 Å². The molecule has 0 unspecified atom stereocenters. The van der Waals surface area contributed by atoms with E-state index in [2.05, 4.69) is 82.5 Å². The van der Waals surface area contributed by atoms with E-state index in [1.165, 1.54) is 22.3 Å². The summed E-state index contributed by atoms with van der Waals surface area (Å²) in [6, 6.07) is 24.7. The van der Waals surface area contributed by atoms with Gasteiger partial charge < -0.3 is 14.6 Å². The van der Waals surface area contributed by atoms with E-state index in [9.17, 15) is 4.79 Å². The van der Waals surface area contributed by atoms with Crippen LogP contribution in [0.3, 0.4) is 0 Å². The number of aryl methyl sites for hydroxylation is 3. The number of carbonyl (C=O) groups excluding carboxylic acids is 1. The summed E-state index contributed by atoms with van der Waals surface area (Å²) >= 11 is 1.67. The Hall–Kier alpha value is -3.58. The van der Waals surface area contributed by atoms with E-state index >= 15 is 0 Å². The first-order valence-corrected chi connectivity index (χ1v) is 13.0. The van der Waals surface area contributed by atoms with Crippen LogP contribution in [-0.4, -0.2) is 27.8 Å². The number of ether oxygens (including phenoxy) is 1. The SMILES string of the molecule is COc1ccccc1CNC(=O)CCc1nnc(SCc2cccc(C)c2)n1Cc1ccc(C)cc1. The molecule has 0 aliphatic rings. The largest absolute Gasteiger partial charge is 0.496 e. The molecule has 1 N–H and O–H groups in total. The summed E-state index contributed by atoms with van der Waals surface area (Å²) in [7, 11) is 1.64. The zero-order valence-corrected chi connectivity index (χ0v) is 21.8. The second-order valence-corrected chi connectivity index (χ2v) is 9.78. The fourth-order valence-corrected chi connectivity index (χ4v) is 4.85. The Morgan fingerprint density at radius 2 is 1.75 bits per heavy atom. The van der Waals surface area contributed by atoms with Crippen LogP contribution in [0.15, 0.2) is 78.0 Å². The second-order valence-electron chi connectivity index (χ2n) is 8.84. The first-order valence-electron chi connectivity index (χ1n) is 12.1. The smallest absolute Gasteiger partial charge is 0.220 e. The van der Waals surface area contributed by atoms with Crippen LogP contribution in [0.25, 0.3) is 0 Å². The monoisotopic (exact) mass is 500 g/mol. The number of hydrogen-bond donors (Lipinski definition) is 1. The van der Waals surface area contributed by atoms with Crippen molar-refractivity contribution in [3.05, 3.63) is 106 Å². The van der Waals surface area contributed by atoms with E-state index in [1.54, 1.807) is 18.9 Å². The predicted octanol–water partition coefficient (Wildman–Crippen LogP) is 5.49. The minimum absolute atomic E-state index is 0.0280. The summed E-state index contributed by atoms with van der Waals surface area (Å²) in [4.78, 5) is 12.6. The number of nitrogens with zero attached hydrogens (tertiary/aromatic N) is 3. The number of amides is 1. The normalized spacial score (nSPS) is 10.9.